The van der Waals surface area contributed by atoms with E-state index in [4.69, 9.17) is 10.9 Å². The molecule has 1 aliphatic heterocycles. The molecule has 0 aromatic rings. The molecule has 0 aromatic heterocycles. The van der Waals surface area contributed by atoms with E-state index >= 15 is 0 Å². The van der Waals surface area contributed by atoms with Gasteiger partial charge in [-0.25, -0.2) is 0 Å². The Morgan fingerprint density at radius 1 is 1.67 bits per heavy atom. The smallest absolute Gasteiger partial charge is 0.156 e. The van der Waals surface area contributed by atoms with E-state index in [-0.39, 0.29) is 11.9 Å². The van der Waals surface area contributed by atoms with Crippen LogP contribution in [-0.4, -0.2) is 48.2 Å². The van der Waals surface area contributed by atoms with E-state index in [9.17, 15) is 0 Å². The number of oxime groups is 1. The molecule has 4 N–H and O–H groups in total. The van der Waals surface area contributed by atoms with Gasteiger partial charge in [0.1, 0.15) is 0 Å². The largest absolute Gasteiger partial charge is 0.409 e. The van der Waals surface area contributed by atoms with E-state index in [1.54, 1.807) is 0 Å². The van der Waals surface area contributed by atoms with Gasteiger partial charge in [-0.2, -0.15) is 0 Å². The molecule has 0 saturated carbocycles. The molecule has 2 atom stereocenters. The fraction of sp³-hybridized carbons (Fsp3) is 0.900. The molecule has 0 radical (unpaired) electrons. The lowest BCUT2D eigenvalue weighted by molar-refractivity contribution is 0.180. The SMILES string of the molecule is CC(NCC1CCCCN1C)C(N)=NO. The maximum absolute atomic E-state index is 8.51. The summed E-state index contributed by atoms with van der Waals surface area (Å²) >= 11 is 0. The molecule has 1 heterocycles. The zero-order valence-electron chi connectivity index (χ0n) is 9.61. The van der Waals surface area contributed by atoms with Crippen LogP contribution in [0.2, 0.25) is 0 Å². The highest BCUT2D eigenvalue weighted by atomic mass is 16.4. The Hall–Kier alpha value is -0.810. The van der Waals surface area contributed by atoms with Gasteiger partial charge in [-0.15, -0.1) is 0 Å². The van der Waals surface area contributed by atoms with Crippen LogP contribution < -0.4 is 11.1 Å². The van der Waals surface area contributed by atoms with Gasteiger partial charge in [0.05, 0.1) is 6.04 Å². The number of nitrogens with one attached hydrogen (secondary N) is 1. The normalized spacial score (nSPS) is 26.5. The number of rotatable bonds is 4. The Bertz CT molecular complexity index is 219. The minimum absolute atomic E-state index is 0.0645. The third-order valence-corrected chi connectivity index (χ3v) is 3.14. The summed E-state index contributed by atoms with van der Waals surface area (Å²) < 4.78 is 0. The fourth-order valence-electron chi connectivity index (χ4n) is 1.91. The van der Waals surface area contributed by atoms with Gasteiger partial charge in [-0.1, -0.05) is 11.6 Å². The van der Waals surface area contributed by atoms with Gasteiger partial charge in [0.2, 0.25) is 0 Å². The number of hydrogen-bond donors (Lipinski definition) is 3. The number of hydrogen-bond acceptors (Lipinski definition) is 4. The predicted molar refractivity (Wildman–Crippen MR) is 61.1 cm³/mol. The Morgan fingerprint density at radius 3 is 3.00 bits per heavy atom. The summed E-state index contributed by atoms with van der Waals surface area (Å²) in [6.07, 6.45) is 3.82. The third-order valence-electron chi connectivity index (χ3n) is 3.14. The van der Waals surface area contributed by atoms with Gasteiger partial charge in [0, 0.05) is 12.6 Å². The summed E-state index contributed by atoms with van der Waals surface area (Å²) in [6, 6.07) is 0.512. The molecule has 0 spiro atoms. The molecule has 1 aliphatic rings. The number of nitrogens with two attached hydrogens (primary N) is 1. The molecule has 1 rings (SSSR count). The van der Waals surface area contributed by atoms with Crippen LogP contribution in [0.25, 0.3) is 0 Å². The zero-order chi connectivity index (χ0) is 11.3. The monoisotopic (exact) mass is 214 g/mol. The average Bonchev–Trinajstić information content (AvgIpc) is 2.26. The van der Waals surface area contributed by atoms with Crippen molar-refractivity contribution in [1.29, 1.82) is 0 Å². The minimum atomic E-state index is -0.0645. The van der Waals surface area contributed by atoms with Crippen molar-refractivity contribution in [1.82, 2.24) is 10.2 Å². The number of likely N-dealkylation sites (N-methyl/N-ethyl adjacent to an activating group) is 1. The van der Waals surface area contributed by atoms with Gasteiger partial charge in [-0.3, -0.25) is 0 Å². The Balaban J connectivity index is 2.29. The van der Waals surface area contributed by atoms with Crippen molar-refractivity contribution in [2.75, 3.05) is 20.1 Å². The first-order valence-electron chi connectivity index (χ1n) is 5.56. The standard InChI is InChI=1S/C10H22N4O/c1-8(10(11)13-15)12-7-9-5-3-4-6-14(9)2/h8-9,12,15H,3-7H2,1-2H3,(H2,11,13). The summed E-state index contributed by atoms with van der Waals surface area (Å²) in [7, 11) is 2.15. The minimum Gasteiger partial charge on any atom is -0.409 e. The lowest BCUT2D eigenvalue weighted by atomic mass is 10.0. The van der Waals surface area contributed by atoms with Crippen molar-refractivity contribution < 1.29 is 5.21 Å². The summed E-state index contributed by atoms with van der Waals surface area (Å²) in [4.78, 5) is 2.37. The molecule has 5 nitrogen and oxygen atoms in total. The van der Waals surface area contributed by atoms with Crippen LogP contribution in [0.5, 0.6) is 0 Å². The van der Waals surface area contributed by atoms with Crippen LogP contribution in [0, 0.1) is 0 Å². The molecule has 1 fully saturated rings. The van der Waals surface area contributed by atoms with E-state index in [0.29, 0.717) is 6.04 Å². The van der Waals surface area contributed by atoms with E-state index in [1.807, 2.05) is 6.92 Å². The molecular weight excluding hydrogens is 192 g/mol. The van der Waals surface area contributed by atoms with Crippen LogP contribution in [0.15, 0.2) is 5.16 Å². The van der Waals surface area contributed by atoms with E-state index in [1.165, 1.54) is 25.8 Å². The van der Waals surface area contributed by atoms with Crippen molar-refractivity contribution in [2.24, 2.45) is 10.9 Å². The lowest BCUT2D eigenvalue weighted by Crippen LogP contribution is -2.48. The van der Waals surface area contributed by atoms with Crippen LogP contribution in [0.3, 0.4) is 0 Å². The van der Waals surface area contributed by atoms with Crippen molar-refractivity contribution in [3.8, 4) is 0 Å². The van der Waals surface area contributed by atoms with Crippen molar-refractivity contribution in [3.63, 3.8) is 0 Å². The van der Waals surface area contributed by atoms with E-state index in [2.05, 4.69) is 22.4 Å². The topological polar surface area (TPSA) is 73.9 Å². The van der Waals surface area contributed by atoms with Crippen LogP contribution in [0.4, 0.5) is 0 Å². The van der Waals surface area contributed by atoms with Crippen LogP contribution in [-0.2, 0) is 0 Å². The lowest BCUT2D eigenvalue weighted by Gasteiger charge is -2.33. The molecule has 2 unspecified atom stereocenters. The second-order valence-electron chi connectivity index (χ2n) is 4.29. The molecule has 0 aliphatic carbocycles. The Kier molecular flexibility index (Phi) is 4.84. The molecule has 0 bridgehead atoms. The molecule has 15 heavy (non-hydrogen) atoms. The zero-order valence-corrected chi connectivity index (χ0v) is 9.61. The molecule has 0 amide bonds. The number of nitrogens with zero attached hydrogens (tertiary/aromatic N) is 2. The van der Waals surface area contributed by atoms with E-state index < -0.39 is 0 Å². The Labute approximate surface area is 91.3 Å². The highest BCUT2D eigenvalue weighted by Gasteiger charge is 2.19. The summed E-state index contributed by atoms with van der Waals surface area (Å²) in [5.74, 6) is 0.244. The van der Waals surface area contributed by atoms with Gasteiger partial charge in [0.15, 0.2) is 5.84 Å². The van der Waals surface area contributed by atoms with Crippen molar-refractivity contribution in [3.05, 3.63) is 0 Å². The van der Waals surface area contributed by atoms with Crippen LogP contribution in [0.1, 0.15) is 26.2 Å². The van der Waals surface area contributed by atoms with E-state index in [0.717, 1.165) is 6.54 Å². The summed E-state index contributed by atoms with van der Waals surface area (Å²) in [6.45, 7) is 3.97. The van der Waals surface area contributed by atoms with Crippen molar-refractivity contribution >= 4 is 5.84 Å². The molecule has 1 saturated heterocycles. The summed E-state index contributed by atoms with van der Waals surface area (Å²) in [5.41, 5.74) is 5.49. The molecular formula is C10H22N4O. The molecule has 5 heteroatoms. The quantitative estimate of drug-likeness (QED) is 0.270. The maximum Gasteiger partial charge on any atom is 0.156 e. The number of amidine groups is 1. The van der Waals surface area contributed by atoms with Gasteiger partial charge < -0.3 is 21.2 Å². The number of piperidine rings is 1. The number of likely N-dealkylation sites (tertiary alicyclic amines) is 1. The van der Waals surface area contributed by atoms with Crippen LogP contribution >= 0.6 is 0 Å². The predicted octanol–water partition coefficient (Wildman–Crippen LogP) is 0.195. The first-order valence-corrected chi connectivity index (χ1v) is 5.56. The second kappa shape index (κ2) is 5.92. The highest BCUT2D eigenvalue weighted by molar-refractivity contribution is 5.84. The maximum atomic E-state index is 8.51. The second-order valence-corrected chi connectivity index (χ2v) is 4.29. The fourth-order valence-corrected chi connectivity index (χ4v) is 1.91. The first kappa shape index (κ1) is 12.3. The average molecular weight is 214 g/mol. The Morgan fingerprint density at radius 2 is 2.40 bits per heavy atom. The highest BCUT2D eigenvalue weighted by Crippen LogP contribution is 2.13. The van der Waals surface area contributed by atoms with Gasteiger partial charge in [-0.05, 0) is 33.4 Å². The summed E-state index contributed by atoms with van der Waals surface area (Å²) in [5, 5.41) is 14.8. The molecule has 0 aromatic carbocycles. The third kappa shape index (κ3) is 3.68. The van der Waals surface area contributed by atoms with Gasteiger partial charge in [0.25, 0.3) is 0 Å². The van der Waals surface area contributed by atoms with Gasteiger partial charge >= 0.3 is 0 Å². The van der Waals surface area contributed by atoms with Crippen molar-refractivity contribution in [2.45, 2.75) is 38.3 Å². The molecule has 88 valence electrons. The first-order chi connectivity index (χ1) is 7.15.